The Morgan fingerprint density at radius 3 is 2.92 bits per heavy atom. The number of hydrogen-bond acceptors (Lipinski definition) is 2. The molecule has 0 unspecified atom stereocenters. The average Bonchev–Trinajstić information content (AvgIpc) is 2.42. The lowest BCUT2D eigenvalue weighted by Crippen LogP contribution is -1.96. The van der Waals surface area contributed by atoms with Gasteiger partial charge in [0.05, 0.1) is 16.3 Å². The zero-order valence-corrected chi connectivity index (χ0v) is 8.13. The second-order valence-corrected chi connectivity index (χ2v) is 4.17. The van der Waals surface area contributed by atoms with Crippen molar-refractivity contribution in [3.63, 3.8) is 0 Å². The smallest absolute Gasteiger partial charge is 0.175 e. The highest BCUT2D eigenvalue weighted by molar-refractivity contribution is 8.00. The Hall–Kier alpha value is -0.470. The zero-order chi connectivity index (χ0) is 8.72. The van der Waals surface area contributed by atoms with Crippen molar-refractivity contribution < 1.29 is 4.79 Å². The fourth-order valence-corrected chi connectivity index (χ4v) is 2.72. The van der Waals surface area contributed by atoms with Crippen molar-refractivity contribution in [3.8, 4) is 0 Å². The van der Waals surface area contributed by atoms with Crippen molar-refractivity contribution in [3.05, 3.63) is 28.3 Å². The number of aryl methyl sites for hydroxylation is 1. The molecule has 12 heavy (non-hydrogen) atoms. The van der Waals surface area contributed by atoms with Gasteiger partial charge in [-0.05, 0) is 18.6 Å². The van der Waals surface area contributed by atoms with Crippen molar-refractivity contribution in [2.45, 2.75) is 11.8 Å². The largest absolute Gasteiger partial charge is 0.293 e. The summed E-state index contributed by atoms with van der Waals surface area (Å²) >= 11 is 7.49. The van der Waals surface area contributed by atoms with Gasteiger partial charge >= 0.3 is 0 Å². The summed E-state index contributed by atoms with van der Waals surface area (Å²) in [7, 11) is 0. The standard InChI is InChI=1S/C9H7ClOS/c1-5-2-3-6(10)8-7(11)4-12-9(5)8/h2-3H,4H2,1H3. The Labute approximate surface area is 80.1 Å². The van der Waals surface area contributed by atoms with Crippen LogP contribution in [0.15, 0.2) is 17.0 Å². The molecule has 1 aliphatic rings. The molecule has 1 aromatic carbocycles. The number of halogens is 1. The number of Topliss-reactive ketones (excluding diaryl/α,β-unsaturated/α-hetero) is 1. The molecule has 0 radical (unpaired) electrons. The number of benzene rings is 1. The van der Waals surface area contributed by atoms with E-state index in [0.717, 1.165) is 16.0 Å². The molecule has 0 spiro atoms. The molecule has 62 valence electrons. The SMILES string of the molecule is Cc1ccc(Cl)c2c1SCC2=O. The molecule has 0 aromatic heterocycles. The highest BCUT2D eigenvalue weighted by Crippen LogP contribution is 2.37. The van der Waals surface area contributed by atoms with E-state index in [1.807, 2.05) is 13.0 Å². The predicted octanol–water partition coefficient (Wildman–Crippen LogP) is 2.94. The van der Waals surface area contributed by atoms with Gasteiger partial charge in [0.15, 0.2) is 5.78 Å². The molecule has 0 amide bonds. The minimum Gasteiger partial charge on any atom is -0.293 e. The molecule has 1 aliphatic heterocycles. The summed E-state index contributed by atoms with van der Waals surface area (Å²) in [6.07, 6.45) is 0. The summed E-state index contributed by atoms with van der Waals surface area (Å²) in [5.41, 5.74) is 1.87. The second-order valence-electron chi connectivity index (χ2n) is 2.78. The van der Waals surface area contributed by atoms with Gasteiger partial charge in [-0.15, -0.1) is 11.8 Å². The van der Waals surface area contributed by atoms with Crippen molar-refractivity contribution in [1.82, 2.24) is 0 Å². The molecule has 1 heterocycles. The van der Waals surface area contributed by atoms with E-state index >= 15 is 0 Å². The van der Waals surface area contributed by atoms with E-state index in [1.54, 1.807) is 17.8 Å². The van der Waals surface area contributed by atoms with E-state index < -0.39 is 0 Å². The van der Waals surface area contributed by atoms with Crippen LogP contribution in [0, 0.1) is 6.92 Å². The molecule has 1 nitrogen and oxygen atoms in total. The van der Waals surface area contributed by atoms with Crippen LogP contribution in [-0.2, 0) is 0 Å². The van der Waals surface area contributed by atoms with Gasteiger partial charge in [0, 0.05) is 4.90 Å². The molecule has 0 fully saturated rings. The van der Waals surface area contributed by atoms with E-state index in [4.69, 9.17) is 11.6 Å². The zero-order valence-electron chi connectivity index (χ0n) is 6.56. The van der Waals surface area contributed by atoms with Crippen LogP contribution in [-0.4, -0.2) is 11.5 Å². The monoisotopic (exact) mass is 198 g/mol. The van der Waals surface area contributed by atoms with Gasteiger partial charge in [-0.2, -0.15) is 0 Å². The molecular formula is C9H7ClOS. The fourth-order valence-electron chi connectivity index (χ4n) is 1.32. The van der Waals surface area contributed by atoms with Gasteiger partial charge in [-0.25, -0.2) is 0 Å². The summed E-state index contributed by atoms with van der Waals surface area (Å²) in [6.45, 7) is 2.00. The molecule has 2 rings (SSSR count). The highest BCUT2D eigenvalue weighted by Gasteiger charge is 2.24. The first-order chi connectivity index (χ1) is 5.70. The van der Waals surface area contributed by atoms with Gasteiger partial charge in [0.25, 0.3) is 0 Å². The van der Waals surface area contributed by atoms with Crippen LogP contribution in [0.4, 0.5) is 0 Å². The van der Waals surface area contributed by atoms with Crippen LogP contribution in [0.25, 0.3) is 0 Å². The number of thioether (sulfide) groups is 1. The average molecular weight is 199 g/mol. The Bertz CT molecular complexity index is 360. The molecule has 0 atom stereocenters. The third kappa shape index (κ3) is 1.06. The lowest BCUT2D eigenvalue weighted by atomic mass is 10.1. The summed E-state index contributed by atoms with van der Waals surface area (Å²) in [5.74, 6) is 0.698. The van der Waals surface area contributed by atoms with Crippen molar-refractivity contribution in [1.29, 1.82) is 0 Å². The van der Waals surface area contributed by atoms with E-state index in [0.29, 0.717) is 10.8 Å². The van der Waals surface area contributed by atoms with Crippen molar-refractivity contribution >= 4 is 29.1 Å². The molecule has 0 bridgehead atoms. The summed E-state index contributed by atoms with van der Waals surface area (Å²) < 4.78 is 0. The van der Waals surface area contributed by atoms with E-state index in [2.05, 4.69) is 0 Å². The number of fused-ring (bicyclic) bond motifs is 1. The van der Waals surface area contributed by atoms with Gasteiger partial charge in [0.1, 0.15) is 0 Å². The maximum atomic E-state index is 11.3. The Balaban J connectivity index is 2.72. The van der Waals surface area contributed by atoms with Gasteiger partial charge < -0.3 is 0 Å². The van der Waals surface area contributed by atoms with Crippen LogP contribution >= 0.6 is 23.4 Å². The predicted molar refractivity (Wildman–Crippen MR) is 51.2 cm³/mol. The third-order valence-corrected chi connectivity index (χ3v) is 3.47. The minimum absolute atomic E-state index is 0.156. The first-order valence-electron chi connectivity index (χ1n) is 3.65. The number of hydrogen-bond donors (Lipinski definition) is 0. The summed E-state index contributed by atoms with van der Waals surface area (Å²) in [4.78, 5) is 12.4. The normalized spacial score (nSPS) is 15.0. The lowest BCUT2D eigenvalue weighted by Gasteiger charge is -2.02. The topological polar surface area (TPSA) is 17.1 Å². The Morgan fingerprint density at radius 1 is 1.50 bits per heavy atom. The summed E-state index contributed by atoms with van der Waals surface area (Å²) in [5, 5.41) is 0.589. The maximum absolute atomic E-state index is 11.3. The van der Waals surface area contributed by atoms with E-state index in [1.165, 1.54) is 0 Å². The van der Waals surface area contributed by atoms with Crippen LogP contribution in [0.2, 0.25) is 5.02 Å². The minimum atomic E-state index is 0.156. The number of rotatable bonds is 0. The molecule has 1 aromatic rings. The first-order valence-corrected chi connectivity index (χ1v) is 5.01. The fraction of sp³-hybridized carbons (Fsp3) is 0.222. The molecule has 3 heteroatoms. The molecule has 0 saturated carbocycles. The maximum Gasteiger partial charge on any atom is 0.175 e. The number of carbonyl (C=O) groups is 1. The quantitative estimate of drug-likeness (QED) is 0.638. The summed E-state index contributed by atoms with van der Waals surface area (Å²) in [6, 6.07) is 3.74. The highest BCUT2D eigenvalue weighted by atomic mass is 35.5. The van der Waals surface area contributed by atoms with Gasteiger partial charge in [-0.3, -0.25) is 4.79 Å². The molecular weight excluding hydrogens is 192 g/mol. The lowest BCUT2D eigenvalue weighted by molar-refractivity contribution is 0.102. The van der Waals surface area contributed by atoms with Crippen LogP contribution in [0.1, 0.15) is 15.9 Å². The van der Waals surface area contributed by atoms with Crippen LogP contribution < -0.4 is 0 Å². The Morgan fingerprint density at radius 2 is 2.25 bits per heavy atom. The molecule has 0 N–H and O–H groups in total. The van der Waals surface area contributed by atoms with Crippen LogP contribution in [0.5, 0.6) is 0 Å². The van der Waals surface area contributed by atoms with Crippen molar-refractivity contribution in [2.75, 3.05) is 5.75 Å². The number of ketones is 1. The van der Waals surface area contributed by atoms with Crippen LogP contribution in [0.3, 0.4) is 0 Å². The second kappa shape index (κ2) is 2.79. The number of carbonyl (C=O) groups excluding carboxylic acids is 1. The molecule has 0 saturated heterocycles. The Kier molecular flexibility index (Phi) is 1.89. The molecule has 0 aliphatic carbocycles. The van der Waals surface area contributed by atoms with Gasteiger partial charge in [-0.1, -0.05) is 17.7 Å². The third-order valence-electron chi connectivity index (χ3n) is 1.93. The van der Waals surface area contributed by atoms with E-state index in [9.17, 15) is 4.79 Å². The first kappa shape index (κ1) is 8.14. The van der Waals surface area contributed by atoms with Gasteiger partial charge in [0.2, 0.25) is 0 Å². The van der Waals surface area contributed by atoms with Crippen molar-refractivity contribution in [2.24, 2.45) is 0 Å². The van der Waals surface area contributed by atoms with E-state index in [-0.39, 0.29) is 5.78 Å².